The van der Waals surface area contributed by atoms with E-state index in [2.05, 4.69) is 12.2 Å². The van der Waals surface area contributed by atoms with E-state index in [0.717, 1.165) is 19.3 Å². The second-order valence-electron chi connectivity index (χ2n) is 8.73. The van der Waals surface area contributed by atoms with Crippen molar-refractivity contribution < 1.29 is 19.1 Å². The molecule has 2 aliphatic heterocycles. The molecule has 2 bridgehead atoms. The molecule has 1 spiro atoms. The monoisotopic (exact) mass is 370 g/mol. The Balaban J connectivity index is 1.43. The minimum Gasteiger partial charge on any atom is -0.467 e. The van der Waals surface area contributed by atoms with E-state index in [-0.39, 0.29) is 29.1 Å². The summed E-state index contributed by atoms with van der Waals surface area (Å²) in [5.41, 5.74) is -0.250. The Hall–Kier alpha value is -2.08. The third-order valence-electron chi connectivity index (χ3n) is 7.12. The minimum atomic E-state index is -0.680. The first-order valence-electron chi connectivity index (χ1n) is 9.98. The van der Waals surface area contributed by atoms with E-state index in [4.69, 9.17) is 9.47 Å². The lowest BCUT2D eigenvalue weighted by Crippen LogP contribution is -2.69. The quantitative estimate of drug-likeness (QED) is 0.823. The number of benzene rings is 1. The zero-order chi connectivity index (χ0) is 18.6. The summed E-state index contributed by atoms with van der Waals surface area (Å²) >= 11 is 0. The zero-order valence-corrected chi connectivity index (χ0v) is 15.7. The van der Waals surface area contributed by atoms with E-state index in [0.29, 0.717) is 44.0 Å². The molecule has 4 atom stereocenters. The predicted molar refractivity (Wildman–Crippen MR) is 98.2 cm³/mol. The molecule has 144 valence electrons. The van der Waals surface area contributed by atoms with Crippen molar-refractivity contribution in [3.05, 3.63) is 29.8 Å². The molecule has 6 nitrogen and oxygen atoms in total. The largest absolute Gasteiger partial charge is 0.467 e. The standard InChI is InChI=1S/C21H26N2O4/c1-20-7-6-14(12-16(20)19(25)23-8-10-26-11-9-23)21(13-20)22-18(24)15-4-2-3-5-17(15)27-21/h2-5,14,16H,6-13H2,1H3,(H,22,24)/t14-,16-,20+,21+/m1/s1. The lowest BCUT2D eigenvalue weighted by atomic mass is 9.52. The normalized spacial score (nSPS) is 37.5. The van der Waals surface area contributed by atoms with Gasteiger partial charge in [0.2, 0.25) is 5.91 Å². The van der Waals surface area contributed by atoms with E-state index in [9.17, 15) is 9.59 Å². The number of hydrogen-bond donors (Lipinski definition) is 1. The maximum atomic E-state index is 13.2. The van der Waals surface area contributed by atoms with Gasteiger partial charge in [0.05, 0.1) is 18.8 Å². The van der Waals surface area contributed by atoms with Crippen molar-refractivity contribution in [1.82, 2.24) is 10.2 Å². The lowest BCUT2D eigenvalue weighted by molar-refractivity contribution is -0.176. The van der Waals surface area contributed by atoms with Crippen LogP contribution in [-0.4, -0.2) is 48.7 Å². The van der Waals surface area contributed by atoms with Crippen molar-refractivity contribution in [3.8, 4) is 5.75 Å². The van der Waals surface area contributed by atoms with Crippen molar-refractivity contribution in [3.63, 3.8) is 0 Å². The van der Waals surface area contributed by atoms with Gasteiger partial charge in [0.25, 0.3) is 5.91 Å². The first-order chi connectivity index (χ1) is 13.0. The van der Waals surface area contributed by atoms with Gasteiger partial charge in [0, 0.05) is 31.3 Å². The number of ether oxygens (including phenoxy) is 2. The summed E-state index contributed by atoms with van der Waals surface area (Å²) in [7, 11) is 0. The Kier molecular flexibility index (Phi) is 3.76. The van der Waals surface area contributed by atoms with Gasteiger partial charge in [-0.3, -0.25) is 9.59 Å². The van der Waals surface area contributed by atoms with E-state index >= 15 is 0 Å². The molecule has 1 N–H and O–H groups in total. The van der Waals surface area contributed by atoms with Crippen molar-refractivity contribution in [2.45, 2.75) is 38.3 Å². The second kappa shape index (κ2) is 5.96. The molecule has 5 aliphatic rings. The Morgan fingerprint density at radius 1 is 1.26 bits per heavy atom. The number of amides is 2. The molecule has 3 aliphatic carbocycles. The molecule has 2 amide bonds. The third-order valence-corrected chi connectivity index (χ3v) is 7.12. The number of para-hydroxylation sites is 1. The van der Waals surface area contributed by atoms with Gasteiger partial charge in [0.15, 0.2) is 5.72 Å². The van der Waals surface area contributed by atoms with Crippen molar-refractivity contribution in [2.24, 2.45) is 17.3 Å². The second-order valence-corrected chi connectivity index (χ2v) is 8.73. The Morgan fingerprint density at radius 2 is 2.04 bits per heavy atom. The molecule has 27 heavy (non-hydrogen) atoms. The fourth-order valence-corrected chi connectivity index (χ4v) is 5.64. The minimum absolute atomic E-state index is 0.00218. The van der Waals surface area contributed by atoms with Crippen molar-refractivity contribution in [2.75, 3.05) is 26.3 Å². The Labute approximate surface area is 159 Å². The molecule has 3 saturated carbocycles. The molecular formula is C21H26N2O4. The number of hydrogen-bond acceptors (Lipinski definition) is 4. The van der Waals surface area contributed by atoms with Gasteiger partial charge in [-0.1, -0.05) is 19.1 Å². The highest BCUT2D eigenvalue weighted by Gasteiger charge is 2.62. The molecule has 4 fully saturated rings. The van der Waals surface area contributed by atoms with Crippen LogP contribution in [0.5, 0.6) is 5.75 Å². The lowest BCUT2D eigenvalue weighted by Gasteiger charge is -2.60. The molecule has 1 aromatic carbocycles. The molecule has 0 unspecified atom stereocenters. The third kappa shape index (κ3) is 2.57. The van der Waals surface area contributed by atoms with Crippen LogP contribution in [0.3, 0.4) is 0 Å². The maximum absolute atomic E-state index is 13.2. The number of rotatable bonds is 1. The van der Waals surface area contributed by atoms with E-state index < -0.39 is 5.72 Å². The number of nitrogens with zero attached hydrogens (tertiary/aromatic N) is 1. The van der Waals surface area contributed by atoms with E-state index in [1.54, 1.807) is 6.07 Å². The fraction of sp³-hybridized carbons (Fsp3) is 0.619. The maximum Gasteiger partial charge on any atom is 0.258 e. The molecule has 0 aromatic heterocycles. The van der Waals surface area contributed by atoms with E-state index in [1.807, 2.05) is 23.1 Å². The van der Waals surface area contributed by atoms with E-state index in [1.165, 1.54) is 0 Å². The number of morpholine rings is 1. The topological polar surface area (TPSA) is 67.9 Å². The smallest absolute Gasteiger partial charge is 0.258 e. The average molecular weight is 370 g/mol. The van der Waals surface area contributed by atoms with Crippen molar-refractivity contribution >= 4 is 11.8 Å². The Bertz CT molecular complexity index is 790. The predicted octanol–water partition coefficient (Wildman–Crippen LogP) is 2.19. The average Bonchev–Trinajstić information content (AvgIpc) is 2.68. The molecule has 6 heteroatoms. The van der Waals surface area contributed by atoms with Crippen LogP contribution in [0.2, 0.25) is 0 Å². The summed E-state index contributed by atoms with van der Waals surface area (Å²) in [6.45, 7) is 4.81. The summed E-state index contributed by atoms with van der Waals surface area (Å²) in [4.78, 5) is 27.9. The van der Waals surface area contributed by atoms with Crippen LogP contribution in [0.15, 0.2) is 24.3 Å². The number of nitrogens with one attached hydrogen (secondary N) is 1. The SMILES string of the molecule is C[C@@]12CC[C@H](C[C@@H]1C(=O)N1CCOCC1)[C@@]1(C2)NC(=O)c2ccccc2O1. The van der Waals surface area contributed by atoms with Crippen LogP contribution >= 0.6 is 0 Å². The zero-order valence-electron chi connectivity index (χ0n) is 15.7. The molecular weight excluding hydrogens is 344 g/mol. The molecule has 2 heterocycles. The first-order valence-corrected chi connectivity index (χ1v) is 9.98. The summed E-state index contributed by atoms with van der Waals surface area (Å²) in [6, 6.07) is 7.42. The van der Waals surface area contributed by atoms with Crippen LogP contribution < -0.4 is 10.1 Å². The first kappa shape index (κ1) is 17.0. The van der Waals surface area contributed by atoms with Crippen LogP contribution in [0, 0.1) is 17.3 Å². The highest BCUT2D eigenvalue weighted by atomic mass is 16.5. The van der Waals surface area contributed by atoms with Gasteiger partial charge in [-0.15, -0.1) is 0 Å². The van der Waals surface area contributed by atoms with Crippen LogP contribution in [0.25, 0.3) is 0 Å². The van der Waals surface area contributed by atoms with Gasteiger partial charge in [-0.2, -0.15) is 0 Å². The molecule has 0 radical (unpaired) electrons. The van der Waals surface area contributed by atoms with Gasteiger partial charge < -0.3 is 19.7 Å². The summed E-state index contributed by atoms with van der Waals surface area (Å²) in [6.07, 6.45) is 3.44. The molecule has 1 aromatic rings. The highest BCUT2D eigenvalue weighted by molar-refractivity contribution is 5.98. The molecule has 6 rings (SSSR count). The molecule has 1 saturated heterocycles. The van der Waals surface area contributed by atoms with Crippen LogP contribution in [-0.2, 0) is 9.53 Å². The summed E-state index contributed by atoms with van der Waals surface area (Å²) in [5.74, 6) is 1.00. The number of fused-ring (bicyclic) bond motifs is 3. The highest BCUT2D eigenvalue weighted by Crippen LogP contribution is 2.59. The number of carbonyl (C=O) groups excluding carboxylic acids is 2. The van der Waals surface area contributed by atoms with Crippen molar-refractivity contribution in [1.29, 1.82) is 0 Å². The van der Waals surface area contributed by atoms with Gasteiger partial charge in [-0.05, 0) is 36.8 Å². The van der Waals surface area contributed by atoms with Gasteiger partial charge in [-0.25, -0.2) is 0 Å². The summed E-state index contributed by atoms with van der Waals surface area (Å²) < 4.78 is 11.8. The fourth-order valence-electron chi connectivity index (χ4n) is 5.64. The van der Waals surface area contributed by atoms with Crippen LogP contribution in [0.4, 0.5) is 0 Å². The van der Waals surface area contributed by atoms with Gasteiger partial charge in [0.1, 0.15) is 5.75 Å². The van der Waals surface area contributed by atoms with Gasteiger partial charge >= 0.3 is 0 Å². The van der Waals surface area contributed by atoms with Crippen LogP contribution in [0.1, 0.15) is 43.0 Å². The Morgan fingerprint density at radius 3 is 2.81 bits per heavy atom. The summed E-state index contributed by atoms with van der Waals surface area (Å²) in [5, 5.41) is 3.18. The number of carbonyl (C=O) groups is 2.